The highest BCUT2D eigenvalue weighted by Crippen LogP contribution is 2.12. The minimum atomic E-state index is -0.832. The van der Waals surface area contributed by atoms with Gasteiger partial charge < -0.3 is 15.2 Å². The third kappa shape index (κ3) is 6.08. The molecule has 2 N–H and O–H groups in total. The average Bonchev–Trinajstić information content (AvgIpc) is 2.22. The molecule has 0 amide bonds. The van der Waals surface area contributed by atoms with Gasteiger partial charge in [0.15, 0.2) is 0 Å². The first-order chi connectivity index (χ1) is 7.42. The first-order valence-electron chi connectivity index (χ1n) is 5.92. The SMILES string of the molecule is CNC(C)(CCCOCCC(C)C)C(=O)O. The lowest BCUT2D eigenvalue weighted by molar-refractivity contribution is -0.144. The summed E-state index contributed by atoms with van der Waals surface area (Å²) in [4.78, 5) is 11.0. The molecule has 4 nitrogen and oxygen atoms in total. The molecule has 0 saturated carbocycles. The van der Waals surface area contributed by atoms with Gasteiger partial charge in [0.2, 0.25) is 0 Å². The van der Waals surface area contributed by atoms with Crippen molar-refractivity contribution in [3.05, 3.63) is 0 Å². The van der Waals surface area contributed by atoms with E-state index in [9.17, 15) is 4.79 Å². The zero-order valence-electron chi connectivity index (χ0n) is 10.9. The first-order valence-corrected chi connectivity index (χ1v) is 5.92. The maximum absolute atomic E-state index is 11.0. The highest BCUT2D eigenvalue weighted by atomic mass is 16.5. The molecule has 0 fully saturated rings. The van der Waals surface area contributed by atoms with Crippen molar-refractivity contribution < 1.29 is 14.6 Å². The number of hydrogen-bond donors (Lipinski definition) is 2. The lowest BCUT2D eigenvalue weighted by atomic mass is 9.96. The van der Waals surface area contributed by atoms with E-state index in [0.717, 1.165) is 19.4 Å². The average molecular weight is 231 g/mol. The molecular weight excluding hydrogens is 206 g/mol. The lowest BCUT2D eigenvalue weighted by Crippen LogP contribution is -2.47. The molecule has 16 heavy (non-hydrogen) atoms. The third-order valence-electron chi connectivity index (χ3n) is 2.83. The van der Waals surface area contributed by atoms with E-state index >= 15 is 0 Å². The number of ether oxygens (including phenoxy) is 1. The number of carboxylic acids is 1. The molecule has 0 aliphatic heterocycles. The summed E-state index contributed by atoms with van der Waals surface area (Å²) in [6.07, 6.45) is 2.41. The minimum Gasteiger partial charge on any atom is -0.480 e. The number of likely N-dealkylation sites (N-methyl/N-ethyl adjacent to an activating group) is 1. The Kier molecular flexibility index (Phi) is 7.34. The Morgan fingerprint density at radius 3 is 2.50 bits per heavy atom. The summed E-state index contributed by atoms with van der Waals surface area (Å²) >= 11 is 0. The molecule has 0 aliphatic carbocycles. The van der Waals surface area contributed by atoms with Crippen LogP contribution in [0.2, 0.25) is 0 Å². The minimum absolute atomic E-state index is 0.584. The predicted octanol–water partition coefficient (Wildman–Crippen LogP) is 1.89. The molecule has 96 valence electrons. The van der Waals surface area contributed by atoms with Crippen LogP contribution in [0.25, 0.3) is 0 Å². The molecular formula is C12H25NO3. The van der Waals surface area contributed by atoms with Gasteiger partial charge in [-0.05, 0) is 39.2 Å². The summed E-state index contributed by atoms with van der Waals surface area (Å²) < 4.78 is 5.44. The molecule has 0 aromatic rings. The number of carboxylic acid groups (broad SMARTS) is 1. The van der Waals surface area contributed by atoms with E-state index in [0.29, 0.717) is 18.9 Å². The van der Waals surface area contributed by atoms with Gasteiger partial charge in [0.05, 0.1) is 0 Å². The van der Waals surface area contributed by atoms with Gasteiger partial charge in [-0.3, -0.25) is 4.79 Å². The largest absolute Gasteiger partial charge is 0.480 e. The van der Waals surface area contributed by atoms with Crippen molar-refractivity contribution in [3.63, 3.8) is 0 Å². The van der Waals surface area contributed by atoms with Crippen molar-refractivity contribution in [2.75, 3.05) is 20.3 Å². The second-order valence-corrected chi connectivity index (χ2v) is 4.79. The van der Waals surface area contributed by atoms with Gasteiger partial charge in [-0.25, -0.2) is 0 Å². The van der Waals surface area contributed by atoms with Crippen LogP contribution in [0.15, 0.2) is 0 Å². The maximum atomic E-state index is 11.0. The smallest absolute Gasteiger partial charge is 0.323 e. The standard InChI is InChI=1S/C12H25NO3/c1-10(2)6-9-16-8-5-7-12(3,13-4)11(14)15/h10,13H,5-9H2,1-4H3,(H,14,15). The van der Waals surface area contributed by atoms with Crippen LogP contribution in [0.1, 0.15) is 40.0 Å². The Hall–Kier alpha value is -0.610. The van der Waals surface area contributed by atoms with Crippen molar-refractivity contribution in [3.8, 4) is 0 Å². The quantitative estimate of drug-likeness (QED) is 0.595. The van der Waals surface area contributed by atoms with Gasteiger partial charge in [0.1, 0.15) is 5.54 Å². The second-order valence-electron chi connectivity index (χ2n) is 4.79. The van der Waals surface area contributed by atoms with E-state index in [-0.39, 0.29) is 0 Å². The van der Waals surface area contributed by atoms with Crippen molar-refractivity contribution >= 4 is 5.97 Å². The van der Waals surface area contributed by atoms with E-state index in [2.05, 4.69) is 19.2 Å². The summed E-state index contributed by atoms with van der Waals surface area (Å²) in [5.41, 5.74) is -0.832. The van der Waals surface area contributed by atoms with Gasteiger partial charge in [-0.1, -0.05) is 13.8 Å². The number of nitrogens with one attached hydrogen (secondary N) is 1. The topological polar surface area (TPSA) is 58.6 Å². The number of carbonyl (C=O) groups is 1. The van der Waals surface area contributed by atoms with Crippen molar-refractivity contribution in [1.29, 1.82) is 0 Å². The Morgan fingerprint density at radius 1 is 1.44 bits per heavy atom. The molecule has 0 aliphatic rings. The molecule has 0 spiro atoms. The van der Waals surface area contributed by atoms with Crippen LogP contribution >= 0.6 is 0 Å². The molecule has 4 heteroatoms. The fraction of sp³-hybridized carbons (Fsp3) is 0.917. The molecule has 0 saturated heterocycles. The highest BCUT2D eigenvalue weighted by Gasteiger charge is 2.30. The molecule has 1 atom stereocenters. The van der Waals surface area contributed by atoms with E-state index in [1.807, 2.05) is 0 Å². The van der Waals surface area contributed by atoms with Gasteiger partial charge in [-0.2, -0.15) is 0 Å². The molecule has 0 rings (SSSR count). The van der Waals surface area contributed by atoms with Crippen LogP contribution < -0.4 is 5.32 Å². The van der Waals surface area contributed by atoms with E-state index < -0.39 is 11.5 Å². The Morgan fingerprint density at radius 2 is 2.06 bits per heavy atom. The van der Waals surface area contributed by atoms with Crippen LogP contribution in [0.3, 0.4) is 0 Å². The van der Waals surface area contributed by atoms with E-state index in [1.54, 1.807) is 14.0 Å². The number of rotatable bonds is 9. The summed E-state index contributed by atoms with van der Waals surface area (Å²) in [6.45, 7) is 7.42. The van der Waals surface area contributed by atoms with Gasteiger partial charge in [0.25, 0.3) is 0 Å². The van der Waals surface area contributed by atoms with Crippen LogP contribution in [-0.4, -0.2) is 36.9 Å². The number of hydrogen-bond acceptors (Lipinski definition) is 3. The van der Waals surface area contributed by atoms with Crippen LogP contribution in [0.4, 0.5) is 0 Å². The third-order valence-corrected chi connectivity index (χ3v) is 2.83. The Balaban J connectivity index is 3.61. The van der Waals surface area contributed by atoms with Crippen molar-refractivity contribution in [1.82, 2.24) is 5.32 Å². The molecule has 0 aromatic heterocycles. The summed E-state index contributed by atoms with van der Waals surface area (Å²) in [5, 5.41) is 11.8. The zero-order chi connectivity index (χ0) is 12.6. The highest BCUT2D eigenvalue weighted by molar-refractivity contribution is 5.78. The van der Waals surface area contributed by atoms with E-state index in [4.69, 9.17) is 9.84 Å². The predicted molar refractivity (Wildman–Crippen MR) is 64.6 cm³/mol. The van der Waals surface area contributed by atoms with Crippen LogP contribution in [-0.2, 0) is 9.53 Å². The summed E-state index contributed by atoms with van der Waals surface area (Å²) in [6, 6.07) is 0. The first kappa shape index (κ1) is 15.4. The molecule has 0 aromatic carbocycles. The van der Waals surface area contributed by atoms with Gasteiger partial charge >= 0.3 is 5.97 Å². The molecule has 0 radical (unpaired) electrons. The molecule has 0 bridgehead atoms. The fourth-order valence-electron chi connectivity index (χ4n) is 1.29. The molecule has 1 unspecified atom stereocenters. The lowest BCUT2D eigenvalue weighted by Gasteiger charge is -2.23. The Bertz CT molecular complexity index is 206. The number of aliphatic carboxylic acids is 1. The van der Waals surface area contributed by atoms with Gasteiger partial charge in [-0.15, -0.1) is 0 Å². The van der Waals surface area contributed by atoms with Gasteiger partial charge in [0, 0.05) is 13.2 Å². The zero-order valence-corrected chi connectivity index (χ0v) is 10.9. The van der Waals surface area contributed by atoms with Crippen LogP contribution in [0, 0.1) is 5.92 Å². The summed E-state index contributed by atoms with van der Waals surface area (Å²) in [7, 11) is 1.67. The monoisotopic (exact) mass is 231 g/mol. The summed E-state index contributed by atoms with van der Waals surface area (Å²) in [5.74, 6) is -0.154. The van der Waals surface area contributed by atoms with Crippen LogP contribution in [0.5, 0.6) is 0 Å². The Labute approximate surface area is 98.4 Å². The second kappa shape index (κ2) is 7.63. The maximum Gasteiger partial charge on any atom is 0.323 e. The van der Waals surface area contributed by atoms with Crippen molar-refractivity contribution in [2.45, 2.75) is 45.6 Å². The fourth-order valence-corrected chi connectivity index (χ4v) is 1.29. The normalized spacial score (nSPS) is 15.1. The van der Waals surface area contributed by atoms with E-state index in [1.165, 1.54) is 0 Å². The molecule has 0 heterocycles. The van der Waals surface area contributed by atoms with Crippen molar-refractivity contribution in [2.24, 2.45) is 5.92 Å².